The van der Waals surface area contributed by atoms with Gasteiger partial charge in [0.1, 0.15) is 6.61 Å². The molecule has 138 valence electrons. The van der Waals surface area contributed by atoms with E-state index in [1.165, 1.54) is 31.4 Å². The van der Waals surface area contributed by atoms with Crippen molar-refractivity contribution in [1.82, 2.24) is 5.32 Å². The molecule has 6 heteroatoms. The molecule has 0 radical (unpaired) electrons. The van der Waals surface area contributed by atoms with Gasteiger partial charge in [0.25, 0.3) is 5.69 Å². The molecule has 1 saturated carbocycles. The van der Waals surface area contributed by atoms with E-state index in [1.54, 1.807) is 18.2 Å². The molecule has 0 spiro atoms. The van der Waals surface area contributed by atoms with E-state index in [9.17, 15) is 14.9 Å². The number of para-hydroxylation sites is 1. The van der Waals surface area contributed by atoms with Crippen LogP contribution in [-0.2, 0) is 11.3 Å². The molecular formula is C20H24N2O4. The molecule has 0 atom stereocenters. The highest BCUT2D eigenvalue weighted by Gasteiger charge is 2.16. The van der Waals surface area contributed by atoms with Gasteiger partial charge in [-0.1, -0.05) is 67.8 Å². The van der Waals surface area contributed by atoms with Crippen molar-refractivity contribution in [3.05, 3.63) is 76.3 Å². The second kappa shape index (κ2) is 10.9. The van der Waals surface area contributed by atoms with Gasteiger partial charge in [-0.25, -0.2) is 4.79 Å². The molecule has 2 aromatic carbocycles. The fourth-order valence-corrected chi connectivity index (χ4v) is 2.73. The fraction of sp³-hybridized carbons (Fsp3) is 0.350. The van der Waals surface area contributed by atoms with E-state index in [0.717, 1.165) is 18.4 Å². The van der Waals surface area contributed by atoms with Gasteiger partial charge >= 0.3 is 6.09 Å². The molecule has 0 saturated heterocycles. The number of benzene rings is 2. The Hall–Kier alpha value is -2.89. The number of nitro groups is 1. The summed E-state index contributed by atoms with van der Waals surface area (Å²) in [6.07, 6.45) is 5.59. The fourth-order valence-electron chi connectivity index (χ4n) is 2.73. The Morgan fingerprint density at radius 2 is 1.58 bits per heavy atom. The van der Waals surface area contributed by atoms with E-state index in [0.29, 0.717) is 12.6 Å². The van der Waals surface area contributed by atoms with Crippen LogP contribution in [0.2, 0.25) is 0 Å². The Morgan fingerprint density at radius 1 is 1.00 bits per heavy atom. The SMILES string of the molecule is O=C(NC1CCCCC1)OCc1ccccc1.O=[N+]([O-])c1ccccc1. The number of amides is 1. The minimum atomic E-state index is -0.417. The molecule has 0 unspecified atom stereocenters. The monoisotopic (exact) mass is 356 g/mol. The van der Waals surface area contributed by atoms with Crippen LogP contribution in [0.3, 0.4) is 0 Å². The number of nitrogens with one attached hydrogen (secondary N) is 1. The lowest BCUT2D eigenvalue weighted by Crippen LogP contribution is -2.36. The highest BCUT2D eigenvalue weighted by Crippen LogP contribution is 2.17. The van der Waals surface area contributed by atoms with Crippen LogP contribution in [0.4, 0.5) is 10.5 Å². The average molecular weight is 356 g/mol. The Labute approximate surface area is 153 Å². The average Bonchev–Trinajstić information content (AvgIpc) is 2.69. The lowest BCUT2D eigenvalue weighted by atomic mass is 9.96. The van der Waals surface area contributed by atoms with Crippen molar-refractivity contribution in [3.63, 3.8) is 0 Å². The summed E-state index contributed by atoms with van der Waals surface area (Å²) in [5.74, 6) is 0. The number of hydrogen-bond acceptors (Lipinski definition) is 4. The first kappa shape index (κ1) is 19.4. The summed E-state index contributed by atoms with van der Waals surface area (Å²) < 4.78 is 5.18. The summed E-state index contributed by atoms with van der Waals surface area (Å²) in [4.78, 5) is 21.1. The van der Waals surface area contributed by atoms with Crippen molar-refractivity contribution in [2.24, 2.45) is 0 Å². The Bertz CT molecular complexity index is 671. The molecule has 0 heterocycles. The maximum atomic E-state index is 11.6. The van der Waals surface area contributed by atoms with Crippen LogP contribution in [0.15, 0.2) is 60.7 Å². The van der Waals surface area contributed by atoms with Gasteiger partial charge in [-0.3, -0.25) is 10.1 Å². The van der Waals surface area contributed by atoms with Crippen LogP contribution in [-0.4, -0.2) is 17.1 Å². The number of nitrogens with zero attached hydrogens (tertiary/aromatic N) is 1. The Balaban J connectivity index is 0.000000228. The number of nitro benzene ring substituents is 1. The van der Waals surface area contributed by atoms with E-state index in [2.05, 4.69) is 5.32 Å². The minimum absolute atomic E-state index is 0.137. The Morgan fingerprint density at radius 3 is 2.12 bits per heavy atom. The smallest absolute Gasteiger partial charge is 0.407 e. The highest BCUT2D eigenvalue weighted by atomic mass is 16.6. The molecule has 1 fully saturated rings. The lowest BCUT2D eigenvalue weighted by molar-refractivity contribution is -0.384. The predicted molar refractivity (Wildman–Crippen MR) is 99.7 cm³/mol. The molecule has 2 aromatic rings. The van der Waals surface area contributed by atoms with Crippen LogP contribution in [0.25, 0.3) is 0 Å². The third-order valence-corrected chi connectivity index (χ3v) is 4.11. The van der Waals surface area contributed by atoms with E-state index < -0.39 is 4.92 Å². The molecule has 1 amide bonds. The second-order valence-corrected chi connectivity index (χ2v) is 6.13. The van der Waals surface area contributed by atoms with Crippen molar-refractivity contribution in [2.45, 2.75) is 44.8 Å². The van der Waals surface area contributed by atoms with Crippen molar-refractivity contribution in [1.29, 1.82) is 0 Å². The maximum Gasteiger partial charge on any atom is 0.407 e. The number of ether oxygens (including phenoxy) is 1. The zero-order chi connectivity index (χ0) is 18.6. The maximum absolute atomic E-state index is 11.6. The minimum Gasteiger partial charge on any atom is -0.445 e. The third-order valence-electron chi connectivity index (χ3n) is 4.11. The zero-order valence-electron chi connectivity index (χ0n) is 14.7. The molecule has 6 nitrogen and oxygen atoms in total. The van der Waals surface area contributed by atoms with Gasteiger partial charge in [-0.15, -0.1) is 0 Å². The van der Waals surface area contributed by atoms with E-state index in [-0.39, 0.29) is 11.8 Å². The van der Waals surface area contributed by atoms with Gasteiger partial charge in [-0.05, 0) is 18.4 Å². The first-order valence-electron chi connectivity index (χ1n) is 8.82. The van der Waals surface area contributed by atoms with Crippen LogP contribution < -0.4 is 5.32 Å². The first-order valence-corrected chi connectivity index (χ1v) is 8.82. The summed E-state index contributed by atoms with van der Waals surface area (Å²) >= 11 is 0. The number of carbonyl (C=O) groups excluding carboxylic acids is 1. The highest BCUT2D eigenvalue weighted by molar-refractivity contribution is 5.67. The second-order valence-electron chi connectivity index (χ2n) is 6.13. The van der Waals surface area contributed by atoms with Crippen LogP contribution >= 0.6 is 0 Å². The van der Waals surface area contributed by atoms with E-state index in [1.807, 2.05) is 30.3 Å². The zero-order valence-corrected chi connectivity index (χ0v) is 14.7. The number of carbonyl (C=O) groups is 1. The molecule has 1 N–H and O–H groups in total. The molecule has 3 rings (SSSR count). The number of non-ortho nitro benzene ring substituents is 1. The topological polar surface area (TPSA) is 81.5 Å². The predicted octanol–water partition coefficient (Wildman–Crippen LogP) is 4.84. The summed E-state index contributed by atoms with van der Waals surface area (Å²) in [5, 5.41) is 12.9. The molecule has 0 aromatic heterocycles. The van der Waals surface area contributed by atoms with Gasteiger partial charge in [0.05, 0.1) is 4.92 Å². The van der Waals surface area contributed by atoms with Gasteiger partial charge < -0.3 is 10.1 Å². The van der Waals surface area contributed by atoms with Gasteiger partial charge in [0.15, 0.2) is 0 Å². The normalized spacial score (nSPS) is 13.8. The van der Waals surface area contributed by atoms with Crippen LogP contribution in [0.1, 0.15) is 37.7 Å². The van der Waals surface area contributed by atoms with Crippen LogP contribution in [0, 0.1) is 10.1 Å². The van der Waals surface area contributed by atoms with Gasteiger partial charge in [-0.2, -0.15) is 0 Å². The standard InChI is InChI=1S/C14H19NO2.C6H5NO2/c16-14(15-13-9-5-2-6-10-13)17-11-12-7-3-1-4-8-12;8-7(9)6-4-2-1-3-5-6/h1,3-4,7-8,13H,2,5-6,9-11H2,(H,15,16);1-5H. The van der Waals surface area contributed by atoms with E-state index >= 15 is 0 Å². The number of hydrogen-bond donors (Lipinski definition) is 1. The summed E-state index contributed by atoms with van der Waals surface area (Å²) in [7, 11) is 0. The first-order chi connectivity index (χ1) is 12.6. The molecule has 26 heavy (non-hydrogen) atoms. The van der Waals surface area contributed by atoms with Crippen molar-refractivity contribution in [3.8, 4) is 0 Å². The molecule has 1 aliphatic carbocycles. The largest absolute Gasteiger partial charge is 0.445 e. The third kappa shape index (κ3) is 7.34. The molecule has 0 aliphatic heterocycles. The van der Waals surface area contributed by atoms with E-state index in [4.69, 9.17) is 4.74 Å². The van der Waals surface area contributed by atoms with Crippen molar-refractivity contribution >= 4 is 11.8 Å². The summed E-state index contributed by atoms with van der Waals surface area (Å²) in [5.41, 5.74) is 1.16. The molecule has 1 aliphatic rings. The Kier molecular flexibility index (Phi) is 8.12. The number of alkyl carbamates (subject to hydrolysis) is 1. The van der Waals surface area contributed by atoms with Gasteiger partial charge in [0.2, 0.25) is 0 Å². The summed E-state index contributed by atoms with van der Waals surface area (Å²) in [6, 6.07) is 18.0. The van der Waals surface area contributed by atoms with Crippen molar-refractivity contribution < 1.29 is 14.5 Å². The molecule has 0 bridgehead atoms. The lowest BCUT2D eigenvalue weighted by Gasteiger charge is -2.22. The quantitative estimate of drug-likeness (QED) is 0.628. The molecular weight excluding hydrogens is 332 g/mol. The van der Waals surface area contributed by atoms with Gasteiger partial charge in [0, 0.05) is 18.2 Å². The number of rotatable bonds is 4. The van der Waals surface area contributed by atoms with Crippen molar-refractivity contribution in [2.75, 3.05) is 0 Å². The summed E-state index contributed by atoms with van der Waals surface area (Å²) in [6.45, 7) is 0.347. The van der Waals surface area contributed by atoms with Crippen LogP contribution in [0.5, 0.6) is 0 Å².